The van der Waals surface area contributed by atoms with Crippen LogP contribution in [0.5, 0.6) is 0 Å². The number of rotatable bonds is 3. The van der Waals surface area contributed by atoms with Crippen molar-refractivity contribution in [3.05, 3.63) is 52.5 Å². The average Bonchev–Trinajstić information content (AvgIpc) is 3.22. The van der Waals surface area contributed by atoms with Crippen LogP contribution in [0.15, 0.2) is 35.3 Å². The lowest BCUT2D eigenvalue weighted by atomic mass is 10.1. The number of halogens is 1. The van der Waals surface area contributed by atoms with Gasteiger partial charge in [0.2, 0.25) is 0 Å². The molecule has 0 amide bonds. The van der Waals surface area contributed by atoms with Gasteiger partial charge in [-0.3, -0.25) is 9.89 Å². The summed E-state index contributed by atoms with van der Waals surface area (Å²) in [5.74, 6) is 0.514. The molecule has 7 heteroatoms. The lowest BCUT2D eigenvalue weighted by molar-refractivity contribution is 0.569. The highest BCUT2D eigenvalue weighted by Gasteiger charge is 2.33. The van der Waals surface area contributed by atoms with Gasteiger partial charge < -0.3 is 5.73 Å². The molecule has 1 unspecified atom stereocenters. The number of fused-ring (bicyclic) bond motifs is 1. The lowest BCUT2D eigenvalue weighted by Gasteiger charge is -2.16. The molecule has 2 aromatic heterocycles. The molecule has 2 heterocycles. The van der Waals surface area contributed by atoms with Gasteiger partial charge in [-0.05, 0) is 30.9 Å². The Bertz CT molecular complexity index is 898. The predicted molar refractivity (Wildman–Crippen MR) is 79.1 cm³/mol. The number of nitrogens with two attached hydrogens (primary N) is 1. The van der Waals surface area contributed by atoms with Gasteiger partial charge in [0.25, 0.3) is 5.56 Å². The first-order chi connectivity index (χ1) is 10.7. The Kier molecular flexibility index (Phi) is 2.83. The van der Waals surface area contributed by atoms with Crippen molar-refractivity contribution in [2.24, 2.45) is 11.7 Å². The second kappa shape index (κ2) is 4.74. The number of nitrogens with one attached hydrogen (secondary N) is 1. The summed E-state index contributed by atoms with van der Waals surface area (Å²) in [5, 5.41) is 6.64. The molecule has 22 heavy (non-hydrogen) atoms. The fraction of sp³-hybridized carbons (Fsp3) is 0.267. The topological polar surface area (TPSA) is 89.6 Å². The molecule has 6 nitrogen and oxygen atoms in total. The molecule has 0 spiro atoms. The average molecular weight is 299 g/mol. The molecule has 112 valence electrons. The van der Waals surface area contributed by atoms with Crippen molar-refractivity contribution in [1.29, 1.82) is 0 Å². The zero-order valence-corrected chi connectivity index (χ0v) is 11.7. The summed E-state index contributed by atoms with van der Waals surface area (Å²) in [7, 11) is 0. The molecule has 0 saturated heterocycles. The third kappa shape index (κ3) is 1.93. The molecule has 1 aromatic carbocycles. The van der Waals surface area contributed by atoms with Crippen LogP contribution in [0.2, 0.25) is 0 Å². The van der Waals surface area contributed by atoms with E-state index in [-0.39, 0.29) is 11.4 Å². The molecule has 0 radical (unpaired) electrons. The van der Waals surface area contributed by atoms with Crippen LogP contribution in [-0.4, -0.2) is 19.7 Å². The molecule has 1 saturated carbocycles. The summed E-state index contributed by atoms with van der Waals surface area (Å²) in [6.45, 7) is 0. The Balaban J connectivity index is 2.08. The smallest absolute Gasteiger partial charge is 0.270 e. The molecule has 4 rings (SSSR count). The Hall–Kier alpha value is -2.54. The van der Waals surface area contributed by atoms with Gasteiger partial charge in [0.05, 0.1) is 11.6 Å². The summed E-state index contributed by atoms with van der Waals surface area (Å²) in [6, 6.07) is 5.68. The first-order valence-electron chi connectivity index (χ1n) is 7.13. The molecule has 0 aliphatic heterocycles. The summed E-state index contributed by atoms with van der Waals surface area (Å²) >= 11 is 0. The van der Waals surface area contributed by atoms with Crippen LogP contribution < -0.4 is 11.3 Å². The predicted octanol–water partition coefficient (Wildman–Crippen LogP) is 1.66. The Labute approximate surface area is 124 Å². The van der Waals surface area contributed by atoms with Crippen molar-refractivity contribution >= 4 is 10.9 Å². The fourth-order valence-electron chi connectivity index (χ4n) is 2.70. The second-order valence-corrected chi connectivity index (χ2v) is 5.54. The minimum Gasteiger partial charge on any atom is -0.321 e. The lowest BCUT2D eigenvalue weighted by Crippen LogP contribution is -2.30. The first-order valence-corrected chi connectivity index (χ1v) is 7.13. The van der Waals surface area contributed by atoms with E-state index in [9.17, 15) is 9.18 Å². The third-order valence-electron chi connectivity index (χ3n) is 4.02. The number of aromatic nitrogens is 4. The van der Waals surface area contributed by atoms with Crippen molar-refractivity contribution in [2.75, 3.05) is 0 Å². The second-order valence-electron chi connectivity index (χ2n) is 5.54. The summed E-state index contributed by atoms with van der Waals surface area (Å²) in [5.41, 5.74) is 6.09. The van der Waals surface area contributed by atoms with Crippen LogP contribution in [0.3, 0.4) is 0 Å². The van der Waals surface area contributed by atoms with Gasteiger partial charge in [-0.25, -0.2) is 13.9 Å². The van der Waals surface area contributed by atoms with Crippen molar-refractivity contribution in [3.8, 4) is 5.82 Å². The molecule has 1 atom stereocenters. The molecule has 3 N–H and O–H groups in total. The number of benzene rings is 1. The highest BCUT2D eigenvalue weighted by molar-refractivity contribution is 5.78. The monoisotopic (exact) mass is 299 g/mol. The maximum absolute atomic E-state index is 14.1. The van der Waals surface area contributed by atoms with Crippen molar-refractivity contribution in [3.63, 3.8) is 0 Å². The van der Waals surface area contributed by atoms with E-state index >= 15 is 0 Å². The van der Waals surface area contributed by atoms with E-state index in [0.717, 1.165) is 12.8 Å². The Morgan fingerprint density at radius 3 is 2.86 bits per heavy atom. The minimum absolute atomic E-state index is 0.0442. The van der Waals surface area contributed by atoms with E-state index < -0.39 is 11.4 Å². The van der Waals surface area contributed by atoms with Crippen LogP contribution in [-0.2, 0) is 0 Å². The maximum atomic E-state index is 14.1. The zero-order valence-electron chi connectivity index (χ0n) is 11.7. The zero-order chi connectivity index (χ0) is 15.3. The SMILES string of the molecule is NC(c1nc2cccc(F)c2c(=O)n1-c1cc[nH]n1)C1CC1. The minimum atomic E-state index is -0.592. The quantitative estimate of drug-likeness (QED) is 0.769. The number of H-pyrrole nitrogens is 1. The van der Waals surface area contributed by atoms with Crippen molar-refractivity contribution in [2.45, 2.75) is 18.9 Å². The highest BCUT2D eigenvalue weighted by Crippen LogP contribution is 2.39. The molecule has 0 bridgehead atoms. The maximum Gasteiger partial charge on any atom is 0.270 e. The standard InChI is InChI=1S/C15H14FN5O/c16-9-2-1-3-10-12(9)15(22)21(11-6-7-18-20-11)14(19-10)13(17)8-4-5-8/h1-3,6-8,13H,4-5,17H2,(H,18,20). The first kappa shape index (κ1) is 13.1. The van der Waals surface area contributed by atoms with Gasteiger partial charge in [-0.2, -0.15) is 5.10 Å². The van der Waals surface area contributed by atoms with Crippen LogP contribution in [0, 0.1) is 11.7 Å². The van der Waals surface area contributed by atoms with E-state index in [1.165, 1.54) is 16.7 Å². The van der Waals surface area contributed by atoms with E-state index in [1.807, 2.05) is 0 Å². The van der Waals surface area contributed by atoms with E-state index in [2.05, 4.69) is 15.2 Å². The highest BCUT2D eigenvalue weighted by atomic mass is 19.1. The molecular formula is C15H14FN5O. The van der Waals surface area contributed by atoms with Crippen molar-refractivity contribution < 1.29 is 4.39 Å². The van der Waals surface area contributed by atoms with Gasteiger partial charge >= 0.3 is 0 Å². The number of aromatic amines is 1. The normalized spacial score (nSPS) is 16.1. The van der Waals surface area contributed by atoms with Gasteiger partial charge in [0, 0.05) is 12.3 Å². The summed E-state index contributed by atoms with van der Waals surface area (Å²) in [4.78, 5) is 17.2. The molecule has 1 aliphatic carbocycles. The van der Waals surface area contributed by atoms with Crippen LogP contribution in [0.4, 0.5) is 4.39 Å². The van der Waals surface area contributed by atoms with Crippen LogP contribution in [0.25, 0.3) is 16.7 Å². The van der Waals surface area contributed by atoms with Gasteiger partial charge in [0.15, 0.2) is 5.82 Å². The Morgan fingerprint density at radius 1 is 1.36 bits per heavy atom. The number of hydrogen-bond donors (Lipinski definition) is 2. The van der Waals surface area contributed by atoms with Crippen LogP contribution >= 0.6 is 0 Å². The summed E-state index contributed by atoms with van der Waals surface area (Å²) in [6.07, 6.45) is 3.62. The Morgan fingerprint density at radius 2 is 2.18 bits per heavy atom. The van der Waals surface area contributed by atoms with E-state index in [1.54, 1.807) is 18.3 Å². The third-order valence-corrected chi connectivity index (χ3v) is 4.02. The van der Waals surface area contributed by atoms with Gasteiger partial charge in [-0.15, -0.1) is 0 Å². The fourth-order valence-corrected chi connectivity index (χ4v) is 2.70. The molecule has 3 aromatic rings. The van der Waals surface area contributed by atoms with Crippen LogP contribution in [0.1, 0.15) is 24.7 Å². The van der Waals surface area contributed by atoms with E-state index in [0.29, 0.717) is 23.1 Å². The molecule has 1 fully saturated rings. The number of hydrogen-bond acceptors (Lipinski definition) is 4. The summed E-state index contributed by atoms with van der Waals surface area (Å²) < 4.78 is 15.4. The van der Waals surface area contributed by atoms with Crippen molar-refractivity contribution in [1.82, 2.24) is 19.7 Å². The molecular weight excluding hydrogens is 285 g/mol. The van der Waals surface area contributed by atoms with E-state index in [4.69, 9.17) is 5.73 Å². The molecule has 1 aliphatic rings. The number of nitrogens with zero attached hydrogens (tertiary/aromatic N) is 3. The van der Waals surface area contributed by atoms with Gasteiger partial charge in [0.1, 0.15) is 17.0 Å². The largest absolute Gasteiger partial charge is 0.321 e. The van der Waals surface area contributed by atoms with Gasteiger partial charge in [-0.1, -0.05) is 6.07 Å².